The van der Waals surface area contributed by atoms with Crippen molar-refractivity contribution in [3.05, 3.63) is 12.2 Å². The molecule has 0 aromatic carbocycles. The Bertz CT molecular complexity index is 780. The van der Waals surface area contributed by atoms with E-state index in [1.807, 2.05) is 0 Å². The number of ether oxygens (including phenoxy) is 2. The zero-order chi connectivity index (χ0) is 39.3. The van der Waals surface area contributed by atoms with Gasteiger partial charge < -0.3 is 14.6 Å². The van der Waals surface area contributed by atoms with Crippen LogP contribution in [0.3, 0.4) is 0 Å². The van der Waals surface area contributed by atoms with Gasteiger partial charge in [-0.1, -0.05) is 231 Å². The fourth-order valence-electron chi connectivity index (χ4n) is 7.38. The number of carbonyl (C=O) groups is 2. The van der Waals surface area contributed by atoms with E-state index in [-0.39, 0.29) is 25.2 Å². The Morgan fingerprint density at radius 3 is 1.00 bits per heavy atom. The molecule has 0 aliphatic rings. The van der Waals surface area contributed by atoms with E-state index in [9.17, 15) is 14.7 Å². The maximum atomic E-state index is 12.2. The molecule has 0 amide bonds. The van der Waals surface area contributed by atoms with Crippen LogP contribution in [0.5, 0.6) is 0 Å². The third-order valence-electron chi connectivity index (χ3n) is 11.1. The maximum Gasteiger partial charge on any atom is 0.306 e. The standard InChI is InChI=1S/C49H94O5/c1-3-5-7-9-11-13-15-17-19-21-23-24-26-27-29-31-33-35-37-39-41-43-48(51)53-46-47(45-50)54-49(52)44-42-40-38-36-34-32-30-28-25-22-20-18-16-14-12-10-8-6-4-2/h18,20,47,50H,3-17,19,21-46H2,1-2H3/t47-/m0/s1. The first-order valence-electron chi connectivity index (χ1n) is 24.2. The third-order valence-corrected chi connectivity index (χ3v) is 11.1. The van der Waals surface area contributed by atoms with E-state index in [0.717, 1.165) is 32.1 Å². The van der Waals surface area contributed by atoms with Crippen LogP contribution in [0.2, 0.25) is 0 Å². The van der Waals surface area contributed by atoms with Gasteiger partial charge in [0, 0.05) is 12.8 Å². The summed E-state index contributed by atoms with van der Waals surface area (Å²) < 4.78 is 10.7. The molecule has 0 spiro atoms. The van der Waals surface area contributed by atoms with Crippen LogP contribution in [-0.2, 0) is 19.1 Å². The smallest absolute Gasteiger partial charge is 0.306 e. The number of aliphatic hydroxyl groups excluding tert-OH is 1. The second-order valence-corrected chi connectivity index (χ2v) is 16.5. The summed E-state index contributed by atoms with van der Waals surface area (Å²) in [6, 6.07) is 0. The van der Waals surface area contributed by atoms with E-state index < -0.39 is 6.10 Å². The molecule has 0 rings (SSSR count). The highest BCUT2D eigenvalue weighted by Crippen LogP contribution is 2.16. The quantitative estimate of drug-likeness (QED) is 0.0380. The second-order valence-electron chi connectivity index (χ2n) is 16.5. The van der Waals surface area contributed by atoms with E-state index in [1.165, 1.54) is 212 Å². The van der Waals surface area contributed by atoms with E-state index >= 15 is 0 Å². The number of hydrogen-bond acceptors (Lipinski definition) is 5. The number of esters is 2. The highest BCUT2D eigenvalue weighted by Gasteiger charge is 2.16. The van der Waals surface area contributed by atoms with Gasteiger partial charge in [0.1, 0.15) is 6.61 Å². The molecular formula is C49H94O5. The third kappa shape index (κ3) is 43.4. The monoisotopic (exact) mass is 763 g/mol. The lowest BCUT2D eigenvalue weighted by molar-refractivity contribution is -0.161. The first kappa shape index (κ1) is 52.6. The molecule has 0 unspecified atom stereocenters. The van der Waals surface area contributed by atoms with E-state index in [0.29, 0.717) is 12.8 Å². The van der Waals surface area contributed by atoms with Crippen LogP contribution < -0.4 is 0 Å². The van der Waals surface area contributed by atoms with Crippen molar-refractivity contribution in [2.24, 2.45) is 0 Å². The molecular weight excluding hydrogens is 669 g/mol. The highest BCUT2D eigenvalue weighted by atomic mass is 16.6. The van der Waals surface area contributed by atoms with E-state index in [4.69, 9.17) is 9.47 Å². The Balaban J connectivity index is 3.46. The molecule has 54 heavy (non-hydrogen) atoms. The summed E-state index contributed by atoms with van der Waals surface area (Å²) in [7, 11) is 0. The summed E-state index contributed by atoms with van der Waals surface area (Å²) >= 11 is 0. The molecule has 0 aromatic heterocycles. The van der Waals surface area contributed by atoms with Crippen LogP contribution in [0.4, 0.5) is 0 Å². The molecule has 1 N–H and O–H groups in total. The van der Waals surface area contributed by atoms with E-state index in [2.05, 4.69) is 26.0 Å². The molecule has 0 fully saturated rings. The number of aliphatic hydroxyl groups is 1. The fourth-order valence-corrected chi connectivity index (χ4v) is 7.38. The number of hydrogen-bond donors (Lipinski definition) is 1. The fraction of sp³-hybridized carbons (Fsp3) is 0.918. The summed E-state index contributed by atoms with van der Waals surface area (Å²) in [5, 5.41) is 9.61. The Labute approximate surface area is 337 Å². The lowest BCUT2D eigenvalue weighted by Gasteiger charge is -2.15. The number of unbranched alkanes of at least 4 members (excludes halogenated alkanes) is 35. The van der Waals surface area contributed by atoms with Crippen LogP contribution in [0.15, 0.2) is 12.2 Å². The van der Waals surface area contributed by atoms with Crippen molar-refractivity contribution in [2.45, 2.75) is 277 Å². The lowest BCUT2D eigenvalue weighted by atomic mass is 10.0. The Hall–Kier alpha value is -1.36. The zero-order valence-electron chi connectivity index (χ0n) is 36.5. The molecule has 0 heterocycles. The molecule has 5 heteroatoms. The molecule has 1 atom stereocenters. The van der Waals surface area contributed by atoms with Gasteiger partial charge in [0.05, 0.1) is 6.61 Å². The first-order valence-corrected chi connectivity index (χ1v) is 24.2. The van der Waals surface area contributed by atoms with Gasteiger partial charge in [0.15, 0.2) is 6.10 Å². The minimum absolute atomic E-state index is 0.0597. The van der Waals surface area contributed by atoms with Gasteiger partial charge in [-0.2, -0.15) is 0 Å². The lowest BCUT2D eigenvalue weighted by Crippen LogP contribution is -2.28. The van der Waals surface area contributed by atoms with Crippen molar-refractivity contribution >= 4 is 11.9 Å². The predicted octanol–water partition coefficient (Wildman–Crippen LogP) is 15.6. The Morgan fingerprint density at radius 2 is 0.685 bits per heavy atom. The van der Waals surface area contributed by atoms with Crippen LogP contribution in [0, 0.1) is 0 Å². The van der Waals surface area contributed by atoms with Gasteiger partial charge in [-0.15, -0.1) is 0 Å². The van der Waals surface area contributed by atoms with Crippen LogP contribution in [-0.4, -0.2) is 36.4 Å². The summed E-state index contributed by atoms with van der Waals surface area (Å²) in [6.07, 6.45) is 54.4. The SMILES string of the molecule is CCCCCCCCC=CCCCCCCCCCCCC(=O)O[C@@H](CO)COC(=O)CCCCCCCCCCCCCCCCCCCCCCC. The average molecular weight is 763 g/mol. The van der Waals surface area contributed by atoms with E-state index in [1.54, 1.807) is 0 Å². The molecule has 5 nitrogen and oxygen atoms in total. The summed E-state index contributed by atoms with van der Waals surface area (Å²) in [5.41, 5.74) is 0. The molecule has 0 bridgehead atoms. The Kier molecular flexibility index (Phi) is 44.9. The van der Waals surface area contributed by atoms with Crippen LogP contribution >= 0.6 is 0 Å². The molecule has 0 saturated heterocycles. The van der Waals surface area contributed by atoms with Crippen molar-refractivity contribution in [3.8, 4) is 0 Å². The van der Waals surface area contributed by atoms with Gasteiger partial charge in [-0.3, -0.25) is 9.59 Å². The summed E-state index contributed by atoms with van der Waals surface area (Å²) in [6.45, 7) is 4.18. The van der Waals surface area contributed by atoms with Gasteiger partial charge in [-0.25, -0.2) is 0 Å². The summed E-state index contributed by atoms with van der Waals surface area (Å²) in [5.74, 6) is -0.576. The molecule has 0 radical (unpaired) electrons. The molecule has 0 aliphatic heterocycles. The van der Waals surface area contributed by atoms with Gasteiger partial charge in [0.25, 0.3) is 0 Å². The summed E-state index contributed by atoms with van der Waals surface area (Å²) in [4.78, 5) is 24.4. The van der Waals surface area contributed by atoms with Crippen molar-refractivity contribution in [1.29, 1.82) is 0 Å². The van der Waals surface area contributed by atoms with Gasteiger partial charge in [-0.05, 0) is 38.5 Å². The number of carbonyl (C=O) groups excluding carboxylic acids is 2. The zero-order valence-corrected chi connectivity index (χ0v) is 36.5. The normalized spacial score (nSPS) is 12.1. The molecule has 0 aromatic rings. The predicted molar refractivity (Wildman–Crippen MR) is 233 cm³/mol. The first-order chi connectivity index (χ1) is 26.6. The number of rotatable bonds is 45. The minimum atomic E-state index is -0.767. The van der Waals surface area contributed by atoms with Crippen LogP contribution in [0.25, 0.3) is 0 Å². The van der Waals surface area contributed by atoms with Crippen molar-refractivity contribution in [2.75, 3.05) is 13.2 Å². The minimum Gasteiger partial charge on any atom is -0.462 e. The van der Waals surface area contributed by atoms with Crippen molar-refractivity contribution in [3.63, 3.8) is 0 Å². The van der Waals surface area contributed by atoms with Crippen molar-refractivity contribution < 1.29 is 24.2 Å². The van der Waals surface area contributed by atoms with Gasteiger partial charge in [0.2, 0.25) is 0 Å². The topological polar surface area (TPSA) is 72.8 Å². The van der Waals surface area contributed by atoms with Gasteiger partial charge >= 0.3 is 11.9 Å². The molecule has 0 saturated carbocycles. The molecule has 320 valence electrons. The highest BCUT2D eigenvalue weighted by molar-refractivity contribution is 5.70. The largest absolute Gasteiger partial charge is 0.462 e. The van der Waals surface area contributed by atoms with Crippen molar-refractivity contribution in [1.82, 2.24) is 0 Å². The second kappa shape index (κ2) is 46.0. The Morgan fingerprint density at radius 1 is 0.407 bits per heavy atom. The molecule has 0 aliphatic carbocycles. The number of allylic oxidation sites excluding steroid dienone is 2. The van der Waals surface area contributed by atoms with Crippen LogP contribution in [0.1, 0.15) is 271 Å². The average Bonchev–Trinajstić information content (AvgIpc) is 3.17. The maximum absolute atomic E-state index is 12.2.